The van der Waals surface area contributed by atoms with Crippen molar-refractivity contribution in [2.24, 2.45) is 17.8 Å². The van der Waals surface area contributed by atoms with Gasteiger partial charge in [0.1, 0.15) is 5.82 Å². The molecule has 0 radical (unpaired) electrons. The summed E-state index contributed by atoms with van der Waals surface area (Å²) in [4.78, 5) is 21.9. The molecule has 7 nitrogen and oxygen atoms in total. The fourth-order valence-electron chi connectivity index (χ4n) is 6.84. The zero-order valence-electron chi connectivity index (χ0n) is 25.2. The molecule has 1 aliphatic heterocycles. The van der Waals surface area contributed by atoms with Gasteiger partial charge >= 0.3 is 0 Å². The maximum Gasteiger partial charge on any atom is 0.256 e. The zero-order chi connectivity index (χ0) is 29.6. The number of carbonyl (C=O) groups excluding carboxylic acids is 1. The van der Waals surface area contributed by atoms with Crippen molar-refractivity contribution in [1.82, 2.24) is 19.4 Å². The first kappa shape index (κ1) is 30.0. The quantitative estimate of drug-likeness (QED) is 0.266. The van der Waals surface area contributed by atoms with E-state index in [1.807, 2.05) is 18.4 Å². The van der Waals surface area contributed by atoms with E-state index in [0.717, 1.165) is 48.8 Å². The van der Waals surface area contributed by atoms with Gasteiger partial charge in [-0.15, -0.1) is 0 Å². The van der Waals surface area contributed by atoms with Crippen molar-refractivity contribution in [3.63, 3.8) is 0 Å². The first-order valence-electron chi connectivity index (χ1n) is 14.5. The summed E-state index contributed by atoms with van der Waals surface area (Å²) in [5.74, 6) is 0.459. The molecule has 2 aromatic heterocycles. The number of ether oxygens (including phenoxy) is 2. The highest BCUT2D eigenvalue weighted by Gasteiger charge is 2.51. The average Bonchev–Trinajstić information content (AvgIpc) is 3.26. The summed E-state index contributed by atoms with van der Waals surface area (Å²) in [6.07, 6.45) is 8.19. The Morgan fingerprint density at radius 3 is 2.46 bits per heavy atom. The van der Waals surface area contributed by atoms with Crippen molar-refractivity contribution in [1.29, 1.82) is 0 Å². The number of aromatic nitrogens is 2. The number of likely N-dealkylation sites (tertiary alicyclic amines) is 1. The number of fused-ring (bicyclic) bond motifs is 1. The summed E-state index contributed by atoms with van der Waals surface area (Å²) in [6, 6.07) is 4.84. The van der Waals surface area contributed by atoms with Crippen LogP contribution in [0.3, 0.4) is 0 Å². The molecule has 0 bridgehead atoms. The van der Waals surface area contributed by atoms with Crippen LogP contribution in [-0.4, -0.2) is 77.5 Å². The van der Waals surface area contributed by atoms with E-state index in [1.54, 1.807) is 44.6 Å². The summed E-state index contributed by atoms with van der Waals surface area (Å²) in [6.45, 7) is 10.5. The topological polar surface area (TPSA) is 59.8 Å². The van der Waals surface area contributed by atoms with Crippen LogP contribution < -0.4 is 0 Å². The van der Waals surface area contributed by atoms with Crippen molar-refractivity contribution < 1.29 is 18.7 Å². The van der Waals surface area contributed by atoms with Gasteiger partial charge in [-0.3, -0.25) is 14.7 Å². The number of benzene rings is 1. The number of pyridine rings is 1. The molecule has 5 rings (SSSR count). The number of nitrogens with zero attached hydrogens (tertiary/aromatic N) is 4. The molecular weight excluding hydrogens is 543 g/mol. The molecule has 1 amide bonds. The summed E-state index contributed by atoms with van der Waals surface area (Å²) < 4.78 is 27.6. The molecule has 3 heterocycles. The van der Waals surface area contributed by atoms with Gasteiger partial charge in [0.2, 0.25) is 0 Å². The lowest BCUT2D eigenvalue weighted by molar-refractivity contribution is -0.281. The molecule has 1 aromatic carbocycles. The molecule has 1 atom stereocenters. The minimum absolute atomic E-state index is 0.0247. The van der Waals surface area contributed by atoms with E-state index in [-0.39, 0.29) is 11.9 Å². The lowest BCUT2D eigenvalue weighted by Gasteiger charge is -2.55. The van der Waals surface area contributed by atoms with Gasteiger partial charge in [-0.05, 0) is 61.8 Å². The Balaban J connectivity index is 1.40. The van der Waals surface area contributed by atoms with Gasteiger partial charge in [0.05, 0.1) is 28.0 Å². The number of amides is 1. The largest absolute Gasteiger partial charge is 0.353 e. The van der Waals surface area contributed by atoms with Crippen molar-refractivity contribution in [3.05, 3.63) is 58.8 Å². The Bertz CT molecular complexity index is 1410. The molecule has 222 valence electrons. The normalized spacial score (nSPS) is 18.6. The predicted octanol–water partition coefficient (Wildman–Crippen LogP) is 6.20. The standard InChI is InChI=1S/C32H42ClFN4O3/c1-19(2)30(23-12-32(13-23,40-6)41-7)37-16-21(17-37)10-22-18-38(28-15-35-14-26(33)29(22)28)27-9-8-24(34)11-25(27)31(39)36(5)20(3)4/h8-9,11,14-15,18-21,23,30H,10,12-13,16-17H2,1-7H3/t30-/m0/s1. The third kappa shape index (κ3) is 5.52. The van der Waals surface area contributed by atoms with Gasteiger partial charge in [-0.25, -0.2) is 4.39 Å². The highest BCUT2D eigenvalue weighted by molar-refractivity contribution is 6.35. The van der Waals surface area contributed by atoms with Crippen LogP contribution in [0.25, 0.3) is 16.6 Å². The number of methoxy groups -OCH3 is 2. The van der Waals surface area contributed by atoms with E-state index in [1.165, 1.54) is 12.1 Å². The maximum atomic E-state index is 14.4. The molecule has 41 heavy (non-hydrogen) atoms. The molecule has 1 aliphatic carbocycles. The number of carbonyl (C=O) groups is 1. The highest BCUT2D eigenvalue weighted by atomic mass is 35.5. The van der Waals surface area contributed by atoms with Crippen molar-refractivity contribution in [2.45, 2.75) is 64.8 Å². The van der Waals surface area contributed by atoms with Gasteiger partial charge in [-0.1, -0.05) is 25.4 Å². The van der Waals surface area contributed by atoms with Crippen LogP contribution in [0.4, 0.5) is 4.39 Å². The first-order valence-corrected chi connectivity index (χ1v) is 14.9. The van der Waals surface area contributed by atoms with E-state index < -0.39 is 11.6 Å². The van der Waals surface area contributed by atoms with Crippen molar-refractivity contribution >= 4 is 28.4 Å². The van der Waals surface area contributed by atoms with Crippen molar-refractivity contribution in [2.75, 3.05) is 34.4 Å². The van der Waals surface area contributed by atoms with E-state index in [2.05, 4.69) is 29.9 Å². The lowest BCUT2D eigenvalue weighted by Crippen LogP contribution is -2.62. The molecule has 9 heteroatoms. The van der Waals surface area contributed by atoms with Crippen molar-refractivity contribution in [3.8, 4) is 5.69 Å². The predicted molar refractivity (Wildman–Crippen MR) is 160 cm³/mol. The number of hydrogen-bond donors (Lipinski definition) is 0. The highest BCUT2D eigenvalue weighted by Crippen LogP contribution is 2.47. The van der Waals surface area contributed by atoms with E-state index in [4.69, 9.17) is 21.1 Å². The third-order valence-electron chi connectivity index (χ3n) is 9.26. The lowest BCUT2D eigenvalue weighted by atomic mass is 9.69. The molecule has 1 saturated carbocycles. The molecule has 2 fully saturated rings. The monoisotopic (exact) mass is 584 g/mol. The molecule has 2 aliphatic rings. The molecule has 0 spiro atoms. The Kier molecular flexibility index (Phi) is 8.50. The summed E-state index contributed by atoms with van der Waals surface area (Å²) >= 11 is 6.72. The smallest absolute Gasteiger partial charge is 0.256 e. The molecule has 0 N–H and O–H groups in total. The number of rotatable bonds is 10. The Hall–Kier alpha value is -2.52. The minimum Gasteiger partial charge on any atom is -0.353 e. The van der Waals surface area contributed by atoms with Gasteiger partial charge in [0.15, 0.2) is 5.79 Å². The third-order valence-corrected chi connectivity index (χ3v) is 9.55. The second-order valence-corrected chi connectivity index (χ2v) is 12.9. The van der Waals surface area contributed by atoms with Gasteiger partial charge in [-0.2, -0.15) is 0 Å². The van der Waals surface area contributed by atoms with Crippen LogP contribution in [0, 0.1) is 23.6 Å². The average molecular weight is 585 g/mol. The van der Waals surface area contributed by atoms with Gasteiger partial charge in [0.25, 0.3) is 5.91 Å². The van der Waals surface area contributed by atoms with Gasteiger partial charge < -0.3 is 18.9 Å². The van der Waals surface area contributed by atoms with Crippen LogP contribution in [0.1, 0.15) is 56.5 Å². The Labute approximate surface area is 247 Å². The van der Waals surface area contributed by atoms with Gasteiger partial charge in [0, 0.05) is 77.1 Å². The molecular formula is C32H42ClFN4O3. The Morgan fingerprint density at radius 1 is 1.17 bits per heavy atom. The van der Waals surface area contributed by atoms with Crippen LogP contribution >= 0.6 is 11.6 Å². The summed E-state index contributed by atoms with van der Waals surface area (Å²) in [5.41, 5.74) is 2.84. The molecule has 0 unspecified atom stereocenters. The SMILES string of the molecule is COC1(OC)CC([C@H](C(C)C)N2CC(Cc3cn(-c4ccc(F)cc4C(=O)N(C)C(C)C)c4cncc(Cl)c34)C2)C1. The second-order valence-electron chi connectivity index (χ2n) is 12.5. The first-order chi connectivity index (χ1) is 19.5. The van der Waals surface area contributed by atoms with Crippen LogP contribution in [0.5, 0.6) is 0 Å². The minimum atomic E-state index is -0.448. The molecule has 3 aromatic rings. The Morgan fingerprint density at radius 2 is 1.85 bits per heavy atom. The fraction of sp³-hybridized carbons (Fsp3) is 0.562. The zero-order valence-corrected chi connectivity index (χ0v) is 25.9. The molecule has 1 saturated heterocycles. The van der Waals surface area contributed by atoms with E-state index in [9.17, 15) is 9.18 Å². The van der Waals surface area contributed by atoms with Crippen LogP contribution in [0.2, 0.25) is 5.02 Å². The van der Waals surface area contributed by atoms with E-state index in [0.29, 0.717) is 40.1 Å². The summed E-state index contributed by atoms with van der Waals surface area (Å²) in [7, 11) is 5.20. The maximum absolute atomic E-state index is 14.4. The number of halogens is 2. The fourth-order valence-corrected chi connectivity index (χ4v) is 7.11. The number of hydrogen-bond acceptors (Lipinski definition) is 5. The summed E-state index contributed by atoms with van der Waals surface area (Å²) in [5, 5.41) is 1.51. The van der Waals surface area contributed by atoms with Crippen LogP contribution in [-0.2, 0) is 15.9 Å². The second kappa shape index (κ2) is 11.6. The van der Waals surface area contributed by atoms with Crippen LogP contribution in [0.15, 0.2) is 36.8 Å². The van der Waals surface area contributed by atoms with E-state index >= 15 is 0 Å².